The number of Topliss-reactive ketones (excluding diaryl/α,β-unsaturated/α-hetero) is 1. The predicted molar refractivity (Wildman–Crippen MR) is 118 cm³/mol. The quantitative estimate of drug-likeness (QED) is 0.564. The van der Waals surface area contributed by atoms with Crippen LogP contribution in [-0.2, 0) is 4.79 Å². The van der Waals surface area contributed by atoms with Gasteiger partial charge >= 0.3 is 0 Å². The molecule has 1 N–H and O–H groups in total. The molecule has 0 aromatic heterocycles. The largest absolute Gasteiger partial charge is 0.375 e. The van der Waals surface area contributed by atoms with Crippen LogP contribution in [-0.4, -0.2) is 11.5 Å². The van der Waals surface area contributed by atoms with Crippen molar-refractivity contribution in [2.45, 2.75) is 31.7 Å². The van der Waals surface area contributed by atoms with Gasteiger partial charge in [-0.05, 0) is 48.6 Å². The van der Waals surface area contributed by atoms with Crippen LogP contribution in [0, 0.1) is 18.7 Å². The molecule has 3 atom stereocenters. The number of anilines is 1. The number of para-hydroxylation sites is 2. The van der Waals surface area contributed by atoms with E-state index in [4.69, 9.17) is 4.99 Å². The molecule has 1 heterocycles. The summed E-state index contributed by atoms with van der Waals surface area (Å²) in [5.41, 5.74) is 5.42. The van der Waals surface area contributed by atoms with Crippen molar-refractivity contribution >= 4 is 22.9 Å². The number of hydrogen-bond acceptors (Lipinski definition) is 3. The molecule has 1 aliphatic carbocycles. The van der Waals surface area contributed by atoms with Gasteiger partial charge in [-0.2, -0.15) is 0 Å². The van der Waals surface area contributed by atoms with Gasteiger partial charge in [-0.1, -0.05) is 60.2 Å². The molecule has 30 heavy (non-hydrogen) atoms. The van der Waals surface area contributed by atoms with E-state index in [9.17, 15) is 9.18 Å². The van der Waals surface area contributed by atoms with Crippen LogP contribution in [0.1, 0.15) is 41.5 Å². The van der Waals surface area contributed by atoms with E-state index in [0.29, 0.717) is 18.4 Å². The van der Waals surface area contributed by atoms with Crippen molar-refractivity contribution in [3.8, 4) is 0 Å². The standard InChI is InChI=1S/C26H23FN2O/c1-16-10-12-17(13-11-16)26-25-23(28-21-8-4-5-9-22(21)29-26)14-18(15-24(25)30)19-6-2-3-7-20(19)27/h2-13,18,25-26,29H,14-15H2,1H3/t18-,25-,26-/m1/s1. The second kappa shape index (κ2) is 7.52. The summed E-state index contributed by atoms with van der Waals surface area (Å²) in [5.74, 6) is -0.684. The molecule has 0 spiro atoms. The van der Waals surface area contributed by atoms with Gasteiger partial charge in [0.05, 0.1) is 23.3 Å². The molecular formula is C26H23FN2O. The lowest BCUT2D eigenvalue weighted by atomic mass is 9.72. The lowest BCUT2D eigenvalue weighted by Gasteiger charge is -2.34. The van der Waals surface area contributed by atoms with Gasteiger partial charge in [0, 0.05) is 12.1 Å². The molecule has 1 saturated carbocycles. The molecule has 150 valence electrons. The SMILES string of the molecule is Cc1ccc([C@H]2Nc3ccccc3N=C3C[C@@H](c4ccccc4F)CC(=O)[C@@H]32)cc1. The molecule has 3 aromatic rings. The van der Waals surface area contributed by atoms with E-state index in [1.807, 2.05) is 30.3 Å². The third-order valence-electron chi connectivity index (χ3n) is 6.20. The van der Waals surface area contributed by atoms with Crippen molar-refractivity contribution < 1.29 is 9.18 Å². The van der Waals surface area contributed by atoms with Crippen molar-refractivity contribution in [1.29, 1.82) is 0 Å². The third kappa shape index (κ3) is 3.32. The molecule has 4 heteroatoms. The number of carbonyl (C=O) groups is 1. The Hall–Kier alpha value is -3.27. The van der Waals surface area contributed by atoms with Gasteiger partial charge in [-0.15, -0.1) is 0 Å². The molecule has 1 fully saturated rings. The number of carbonyl (C=O) groups excluding carboxylic acids is 1. The molecule has 3 aromatic carbocycles. The predicted octanol–water partition coefficient (Wildman–Crippen LogP) is 6.14. The average Bonchev–Trinajstić information content (AvgIpc) is 2.91. The van der Waals surface area contributed by atoms with Crippen molar-refractivity contribution in [1.82, 2.24) is 0 Å². The van der Waals surface area contributed by atoms with E-state index in [1.54, 1.807) is 12.1 Å². The van der Waals surface area contributed by atoms with Crippen LogP contribution in [0.15, 0.2) is 77.8 Å². The Bertz CT molecular complexity index is 1140. The lowest BCUT2D eigenvalue weighted by molar-refractivity contribution is -0.122. The fourth-order valence-corrected chi connectivity index (χ4v) is 4.68. The summed E-state index contributed by atoms with van der Waals surface area (Å²) >= 11 is 0. The maximum Gasteiger partial charge on any atom is 0.144 e. The third-order valence-corrected chi connectivity index (χ3v) is 6.20. The highest BCUT2D eigenvalue weighted by Gasteiger charge is 2.42. The monoisotopic (exact) mass is 398 g/mol. The number of halogens is 1. The van der Waals surface area contributed by atoms with Crippen molar-refractivity contribution in [2.24, 2.45) is 10.9 Å². The Labute approximate surface area is 175 Å². The van der Waals surface area contributed by atoms with Crippen LogP contribution in [0.25, 0.3) is 0 Å². The molecule has 0 saturated heterocycles. The van der Waals surface area contributed by atoms with E-state index >= 15 is 0 Å². The summed E-state index contributed by atoms with van der Waals surface area (Å²) in [6, 6.07) is 22.7. The number of ketones is 1. The van der Waals surface area contributed by atoms with E-state index in [1.165, 1.54) is 11.6 Å². The van der Waals surface area contributed by atoms with Gasteiger partial charge in [0.25, 0.3) is 0 Å². The first-order chi connectivity index (χ1) is 14.6. The van der Waals surface area contributed by atoms with Gasteiger partial charge in [0.1, 0.15) is 11.6 Å². The van der Waals surface area contributed by atoms with Crippen LogP contribution in [0.4, 0.5) is 15.8 Å². The van der Waals surface area contributed by atoms with Crippen LogP contribution >= 0.6 is 0 Å². The normalized spacial score (nSPS) is 22.9. The Morgan fingerprint density at radius 1 is 0.933 bits per heavy atom. The topological polar surface area (TPSA) is 41.5 Å². The molecule has 1 aliphatic heterocycles. The van der Waals surface area contributed by atoms with Crippen LogP contribution < -0.4 is 5.32 Å². The van der Waals surface area contributed by atoms with E-state index in [0.717, 1.165) is 22.6 Å². The van der Waals surface area contributed by atoms with Gasteiger partial charge in [-0.25, -0.2) is 4.39 Å². The lowest BCUT2D eigenvalue weighted by Crippen LogP contribution is -2.38. The second-order valence-corrected chi connectivity index (χ2v) is 8.22. The summed E-state index contributed by atoms with van der Waals surface area (Å²) in [6.07, 6.45) is 0.903. The number of nitrogens with one attached hydrogen (secondary N) is 1. The average molecular weight is 398 g/mol. The van der Waals surface area contributed by atoms with Crippen LogP contribution in [0.5, 0.6) is 0 Å². The minimum Gasteiger partial charge on any atom is -0.375 e. The van der Waals surface area contributed by atoms with Crippen LogP contribution in [0.3, 0.4) is 0 Å². The Morgan fingerprint density at radius 3 is 2.47 bits per heavy atom. The summed E-state index contributed by atoms with van der Waals surface area (Å²) in [6.45, 7) is 2.05. The Morgan fingerprint density at radius 2 is 1.67 bits per heavy atom. The van der Waals surface area contributed by atoms with Gasteiger partial charge in [0.15, 0.2) is 0 Å². The minimum absolute atomic E-state index is 0.110. The summed E-state index contributed by atoms with van der Waals surface area (Å²) < 4.78 is 14.5. The molecule has 5 rings (SSSR count). The highest BCUT2D eigenvalue weighted by molar-refractivity contribution is 6.10. The minimum atomic E-state index is -0.358. The molecule has 2 aliphatic rings. The molecule has 3 nitrogen and oxygen atoms in total. The highest BCUT2D eigenvalue weighted by Crippen LogP contribution is 2.44. The Balaban J connectivity index is 1.60. The number of nitrogens with zero attached hydrogens (tertiary/aromatic N) is 1. The van der Waals surface area contributed by atoms with Crippen molar-refractivity contribution in [3.63, 3.8) is 0 Å². The fourth-order valence-electron chi connectivity index (χ4n) is 4.68. The highest BCUT2D eigenvalue weighted by atomic mass is 19.1. The van der Waals surface area contributed by atoms with Gasteiger partial charge < -0.3 is 5.32 Å². The van der Waals surface area contributed by atoms with E-state index in [-0.39, 0.29) is 29.5 Å². The molecule has 0 amide bonds. The first kappa shape index (κ1) is 18.7. The van der Waals surface area contributed by atoms with Crippen molar-refractivity contribution in [3.05, 3.63) is 95.3 Å². The number of aryl methyl sites for hydroxylation is 1. The zero-order valence-corrected chi connectivity index (χ0v) is 16.8. The van der Waals surface area contributed by atoms with Gasteiger partial charge in [-0.3, -0.25) is 9.79 Å². The maximum atomic E-state index is 14.5. The summed E-state index contributed by atoms with van der Waals surface area (Å²) in [4.78, 5) is 18.4. The van der Waals surface area contributed by atoms with E-state index < -0.39 is 0 Å². The zero-order chi connectivity index (χ0) is 20.7. The summed E-state index contributed by atoms with van der Waals surface area (Å²) in [5, 5.41) is 3.58. The molecule has 0 bridgehead atoms. The number of benzene rings is 3. The fraction of sp³-hybridized carbons (Fsp3) is 0.231. The smallest absolute Gasteiger partial charge is 0.144 e. The molecule has 0 unspecified atom stereocenters. The number of fused-ring (bicyclic) bond motifs is 2. The zero-order valence-electron chi connectivity index (χ0n) is 16.8. The number of hydrogen-bond donors (Lipinski definition) is 1. The molecular weight excluding hydrogens is 375 g/mol. The first-order valence-electron chi connectivity index (χ1n) is 10.4. The number of rotatable bonds is 2. The summed E-state index contributed by atoms with van der Waals surface area (Å²) in [7, 11) is 0. The Kier molecular flexibility index (Phi) is 4.70. The first-order valence-corrected chi connectivity index (χ1v) is 10.4. The molecule has 0 radical (unpaired) electrons. The number of aliphatic imine (C=N–C) groups is 1. The van der Waals surface area contributed by atoms with Crippen molar-refractivity contribution in [2.75, 3.05) is 5.32 Å². The van der Waals surface area contributed by atoms with Gasteiger partial charge in [0.2, 0.25) is 0 Å². The van der Waals surface area contributed by atoms with Crippen LogP contribution in [0.2, 0.25) is 0 Å². The second-order valence-electron chi connectivity index (χ2n) is 8.22. The van der Waals surface area contributed by atoms with E-state index in [2.05, 4.69) is 36.5 Å². The maximum absolute atomic E-state index is 14.5.